The highest BCUT2D eigenvalue weighted by molar-refractivity contribution is 6.00. The van der Waals surface area contributed by atoms with Crippen LogP contribution in [0.4, 0.5) is 28.8 Å². The van der Waals surface area contributed by atoms with Crippen molar-refractivity contribution in [1.82, 2.24) is 15.0 Å². The summed E-state index contributed by atoms with van der Waals surface area (Å²) in [4.78, 5) is 36.4. The number of pyridine rings is 1. The van der Waals surface area contributed by atoms with E-state index in [0.717, 1.165) is 11.4 Å². The average molecular weight is 388 g/mol. The molecule has 0 saturated carbocycles. The molecule has 8 heteroatoms. The Bertz CT molecular complexity index is 1060. The number of carbonyl (C=O) groups is 2. The molecule has 3 rings (SSSR count). The van der Waals surface area contributed by atoms with Gasteiger partial charge in [-0.2, -0.15) is 4.98 Å². The van der Waals surface area contributed by atoms with Crippen LogP contribution in [-0.2, 0) is 4.79 Å². The van der Waals surface area contributed by atoms with Crippen LogP contribution in [0.1, 0.15) is 23.0 Å². The van der Waals surface area contributed by atoms with Crippen LogP contribution in [0, 0.1) is 6.92 Å². The second-order valence-electron chi connectivity index (χ2n) is 6.22. The molecule has 2 aromatic heterocycles. The molecule has 1 aromatic carbocycles. The Morgan fingerprint density at radius 1 is 1.00 bits per heavy atom. The van der Waals surface area contributed by atoms with Crippen molar-refractivity contribution in [1.29, 1.82) is 0 Å². The molecule has 0 atom stereocenters. The molecule has 0 aliphatic carbocycles. The molecule has 0 spiro atoms. The van der Waals surface area contributed by atoms with Gasteiger partial charge in [0.15, 0.2) is 5.78 Å². The van der Waals surface area contributed by atoms with Crippen molar-refractivity contribution in [2.24, 2.45) is 0 Å². The van der Waals surface area contributed by atoms with Crippen molar-refractivity contribution in [2.45, 2.75) is 13.8 Å². The van der Waals surface area contributed by atoms with E-state index in [1.807, 2.05) is 19.1 Å². The summed E-state index contributed by atoms with van der Waals surface area (Å²) < 4.78 is 0. The maximum atomic E-state index is 12.0. The molecule has 0 aliphatic rings. The van der Waals surface area contributed by atoms with Gasteiger partial charge in [-0.15, -0.1) is 0 Å². The molecular formula is C21H20N6O2. The highest BCUT2D eigenvalue weighted by atomic mass is 16.1. The Hall–Kier alpha value is -4.07. The van der Waals surface area contributed by atoms with Crippen LogP contribution in [0.15, 0.2) is 61.4 Å². The van der Waals surface area contributed by atoms with Gasteiger partial charge in [0.1, 0.15) is 5.82 Å². The first kappa shape index (κ1) is 19.7. The maximum Gasteiger partial charge on any atom is 0.247 e. The lowest BCUT2D eigenvalue weighted by atomic mass is 10.2. The molecular weight excluding hydrogens is 368 g/mol. The lowest BCUT2D eigenvalue weighted by molar-refractivity contribution is -0.111. The third-order valence-electron chi connectivity index (χ3n) is 3.91. The van der Waals surface area contributed by atoms with E-state index in [4.69, 9.17) is 0 Å². The average Bonchev–Trinajstić information content (AvgIpc) is 2.70. The number of rotatable bonds is 7. The second kappa shape index (κ2) is 8.75. The molecule has 0 bridgehead atoms. The van der Waals surface area contributed by atoms with E-state index in [1.54, 1.807) is 30.5 Å². The van der Waals surface area contributed by atoms with Gasteiger partial charge in [-0.3, -0.25) is 14.6 Å². The van der Waals surface area contributed by atoms with Crippen LogP contribution in [-0.4, -0.2) is 26.6 Å². The molecule has 29 heavy (non-hydrogen) atoms. The maximum absolute atomic E-state index is 12.0. The summed E-state index contributed by atoms with van der Waals surface area (Å²) in [6, 6.07) is 10.8. The van der Waals surface area contributed by atoms with Crippen LogP contribution >= 0.6 is 0 Å². The van der Waals surface area contributed by atoms with Crippen molar-refractivity contribution < 1.29 is 9.59 Å². The number of nitrogens with one attached hydrogen (secondary N) is 3. The van der Waals surface area contributed by atoms with E-state index in [-0.39, 0.29) is 11.7 Å². The first-order valence-corrected chi connectivity index (χ1v) is 8.83. The minimum absolute atomic E-state index is 0.174. The number of anilines is 5. The van der Waals surface area contributed by atoms with E-state index < -0.39 is 0 Å². The van der Waals surface area contributed by atoms with E-state index in [1.165, 1.54) is 19.2 Å². The van der Waals surface area contributed by atoms with Gasteiger partial charge in [0, 0.05) is 23.3 Å². The molecule has 2 heterocycles. The molecule has 0 saturated heterocycles. The van der Waals surface area contributed by atoms with E-state index in [2.05, 4.69) is 37.5 Å². The van der Waals surface area contributed by atoms with Crippen molar-refractivity contribution in [3.05, 3.63) is 72.7 Å². The summed E-state index contributed by atoms with van der Waals surface area (Å²) in [5.74, 6) is 0.181. The van der Waals surface area contributed by atoms with Crippen LogP contribution in [0.2, 0.25) is 0 Å². The lowest BCUT2D eigenvalue weighted by Gasteiger charge is -2.12. The molecule has 0 unspecified atom stereocenters. The molecule has 8 nitrogen and oxygen atoms in total. The monoisotopic (exact) mass is 388 g/mol. The predicted octanol–water partition coefficient (Wildman–Crippen LogP) is 3.99. The number of hydrogen-bond acceptors (Lipinski definition) is 7. The van der Waals surface area contributed by atoms with Gasteiger partial charge < -0.3 is 16.0 Å². The first-order chi connectivity index (χ1) is 13.9. The molecule has 0 fully saturated rings. The van der Waals surface area contributed by atoms with Gasteiger partial charge >= 0.3 is 0 Å². The first-order valence-electron chi connectivity index (χ1n) is 8.83. The van der Waals surface area contributed by atoms with Crippen molar-refractivity contribution in [3.8, 4) is 0 Å². The van der Waals surface area contributed by atoms with E-state index in [9.17, 15) is 9.59 Å². The lowest BCUT2D eigenvalue weighted by Crippen LogP contribution is -2.09. The Labute approximate surface area is 168 Å². The Kier molecular flexibility index (Phi) is 5.94. The topological polar surface area (TPSA) is 109 Å². The zero-order chi connectivity index (χ0) is 20.8. The SMILES string of the molecule is C=CC(=O)Nc1cccc(Nc2nc(Nc3ccc(C)nc3)ncc2C(C)=O)c1. The van der Waals surface area contributed by atoms with Gasteiger partial charge in [-0.05, 0) is 50.3 Å². The van der Waals surface area contributed by atoms with Crippen molar-refractivity contribution in [3.63, 3.8) is 0 Å². The highest BCUT2D eigenvalue weighted by Crippen LogP contribution is 2.23. The minimum atomic E-state index is -0.313. The standard InChI is InChI=1S/C21H20N6O2/c1-4-19(29)24-15-6-5-7-16(10-15)25-20-18(14(3)28)12-23-21(27-20)26-17-9-8-13(2)22-11-17/h4-12H,1H2,2-3H3,(H,24,29)(H2,23,25,26,27). The number of Topliss-reactive ketones (excluding diaryl/α,β-unsaturated/α-hetero) is 1. The Morgan fingerprint density at radius 2 is 1.79 bits per heavy atom. The fourth-order valence-electron chi connectivity index (χ4n) is 2.47. The Morgan fingerprint density at radius 3 is 2.48 bits per heavy atom. The Balaban J connectivity index is 1.87. The van der Waals surface area contributed by atoms with Crippen LogP contribution in [0.3, 0.4) is 0 Å². The number of benzene rings is 1. The summed E-state index contributed by atoms with van der Waals surface area (Å²) >= 11 is 0. The fraction of sp³-hybridized carbons (Fsp3) is 0.0952. The van der Waals surface area contributed by atoms with Crippen LogP contribution in [0.25, 0.3) is 0 Å². The van der Waals surface area contributed by atoms with Crippen molar-refractivity contribution >= 4 is 40.5 Å². The smallest absolute Gasteiger partial charge is 0.247 e. The van der Waals surface area contributed by atoms with E-state index >= 15 is 0 Å². The largest absolute Gasteiger partial charge is 0.339 e. The summed E-state index contributed by atoms with van der Waals surface area (Å²) in [6.07, 6.45) is 4.33. The zero-order valence-corrected chi connectivity index (χ0v) is 16.1. The predicted molar refractivity (Wildman–Crippen MR) is 113 cm³/mol. The molecule has 3 aromatic rings. The number of hydrogen-bond donors (Lipinski definition) is 3. The molecule has 0 radical (unpaired) electrons. The number of aryl methyl sites for hydroxylation is 1. The number of aromatic nitrogens is 3. The van der Waals surface area contributed by atoms with Crippen LogP contribution < -0.4 is 16.0 Å². The minimum Gasteiger partial charge on any atom is -0.339 e. The summed E-state index contributed by atoms with van der Waals surface area (Å²) in [6.45, 7) is 6.78. The fourth-order valence-corrected chi connectivity index (χ4v) is 2.47. The number of ketones is 1. The van der Waals surface area contributed by atoms with Gasteiger partial charge in [0.25, 0.3) is 0 Å². The number of carbonyl (C=O) groups excluding carboxylic acids is 2. The van der Waals surface area contributed by atoms with Crippen molar-refractivity contribution in [2.75, 3.05) is 16.0 Å². The van der Waals surface area contributed by atoms with Gasteiger partial charge in [-0.25, -0.2) is 4.98 Å². The van der Waals surface area contributed by atoms with Crippen LogP contribution in [0.5, 0.6) is 0 Å². The van der Waals surface area contributed by atoms with Gasteiger partial charge in [0.2, 0.25) is 11.9 Å². The van der Waals surface area contributed by atoms with Gasteiger partial charge in [0.05, 0.1) is 17.4 Å². The molecule has 1 amide bonds. The normalized spacial score (nSPS) is 10.1. The number of amides is 1. The molecule has 146 valence electrons. The number of nitrogens with zero attached hydrogens (tertiary/aromatic N) is 3. The third kappa shape index (κ3) is 5.23. The third-order valence-corrected chi connectivity index (χ3v) is 3.91. The molecule has 0 aliphatic heterocycles. The quantitative estimate of drug-likeness (QED) is 0.415. The van der Waals surface area contributed by atoms with Gasteiger partial charge in [-0.1, -0.05) is 12.6 Å². The summed E-state index contributed by atoms with van der Waals surface area (Å²) in [5.41, 5.74) is 3.21. The molecule has 3 N–H and O–H groups in total. The van der Waals surface area contributed by atoms with E-state index in [0.29, 0.717) is 28.7 Å². The summed E-state index contributed by atoms with van der Waals surface area (Å²) in [5, 5.41) is 8.87. The zero-order valence-electron chi connectivity index (χ0n) is 16.1. The summed E-state index contributed by atoms with van der Waals surface area (Å²) in [7, 11) is 0. The highest BCUT2D eigenvalue weighted by Gasteiger charge is 2.12. The second-order valence-corrected chi connectivity index (χ2v) is 6.22.